The molecule has 1 saturated heterocycles. The predicted octanol–water partition coefficient (Wildman–Crippen LogP) is 2.62. The first-order chi connectivity index (χ1) is 10.3. The Balaban J connectivity index is 1.78. The molecule has 118 valence electrons. The van der Waals surface area contributed by atoms with Crippen molar-refractivity contribution < 1.29 is 4.79 Å². The van der Waals surface area contributed by atoms with Gasteiger partial charge in [-0.15, -0.1) is 5.11 Å². The zero-order valence-corrected chi connectivity index (χ0v) is 13.9. The van der Waals surface area contributed by atoms with Crippen LogP contribution in [0, 0.1) is 10.8 Å². The van der Waals surface area contributed by atoms with E-state index >= 15 is 0 Å². The van der Waals surface area contributed by atoms with Gasteiger partial charge in [0.05, 0.1) is 12.0 Å². The van der Waals surface area contributed by atoms with E-state index in [2.05, 4.69) is 48.1 Å². The van der Waals surface area contributed by atoms with Crippen LogP contribution in [0.2, 0.25) is 0 Å². The first kappa shape index (κ1) is 14.1. The third-order valence-corrected chi connectivity index (χ3v) is 5.56. The maximum atomic E-state index is 12.9. The highest BCUT2D eigenvalue weighted by molar-refractivity contribution is 6.00. The summed E-state index contributed by atoms with van der Waals surface area (Å²) in [5.74, 6) is 1.23. The summed E-state index contributed by atoms with van der Waals surface area (Å²) in [6, 6.07) is 0.513. The SMILES string of the molecule is CC(C)N1CC2(C1)C1=C(N=NC1)NC1=C2C(=O)CC(C)(C)C1. The molecule has 0 aromatic rings. The largest absolute Gasteiger partial charge is 0.342 e. The summed E-state index contributed by atoms with van der Waals surface area (Å²) in [4.78, 5) is 15.4. The lowest BCUT2D eigenvalue weighted by atomic mass is 9.60. The zero-order chi connectivity index (χ0) is 15.7. The molecule has 0 saturated carbocycles. The van der Waals surface area contributed by atoms with Gasteiger partial charge in [0, 0.05) is 42.4 Å². The van der Waals surface area contributed by atoms with E-state index in [1.54, 1.807) is 0 Å². The van der Waals surface area contributed by atoms with E-state index in [1.807, 2.05) is 0 Å². The Morgan fingerprint density at radius 3 is 2.64 bits per heavy atom. The molecule has 0 aromatic heterocycles. The average molecular weight is 300 g/mol. The van der Waals surface area contributed by atoms with E-state index in [-0.39, 0.29) is 10.8 Å². The number of hydrogen-bond donors (Lipinski definition) is 1. The van der Waals surface area contributed by atoms with Gasteiger partial charge in [-0.25, -0.2) is 0 Å². The molecule has 0 bridgehead atoms. The van der Waals surface area contributed by atoms with Crippen LogP contribution in [0.15, 0.2) is 32.9 Å². The Labute approximate surface area is 131 Å². The van der Waals surface area contributed by atoms with Gasteiger partial charge in [0.1, 0.15) is 0 Å². The van der Waals surface area contributed by atoms with Crippen LogP contribution in [0.1, 0.15) is 40.5 Å². The third kappa shape index (κ3) is 1.78. The number of carbonyl (C=O) groups is 1. The number of carbonyl (C=O) groups excluding carboxylic acids is 1. The van der Waals surface area contributed by atoms with Gasteiger partial charge in [-0.2, -0.15) is 5.11 Å². The highest BCUT2D eigenvalue weighted by atomic mass is 16.1. The first-order valence-corrected chi connectivity index (χ1v) is 8.21. The van der Waals surface area contributed by atoms with Crippen LogP contribution in [-0.4, -0.2) is 36.4 Å². The fourth-order valence-electron chi connectivity index (χ4n) is 4.43. The van der Waals surface area contributed by atoms with Crippen LogP contribution in [0.4, 0.5) is 0 Å². The number of allylic oxidation sites excluding steroid dienone is 1. The molecule has 0 radical (unpaired) electrons. The van der Waals surface area contributed by atoms with Crippen LogP contribution in [0.5, 0.6) is 0 Å². The molecule has 0 aromatic carbocycles. The van der Waals surface area contributed by atoms with E-state index in [1.165, 1.54) is 5.57 Å². The second kappa shape index (κ2) is 4.28. The number of nitrogens with zero attached hydrogens (tertiary/aromatic N) is 3. The minimum Gasteiger partial charge on any atom is -0.342 e. The normalized spacial score (nSPS) is 28.9. The Morgan fingerprint density at radius 1 is 1.23 bits per heavy atom. The monoisotopic (exact) mass is 300 g/mol. The van der Waals surface area contributed by atoms with Crippen molar-refractivity contribution in [3.8, 4) is 0 Å². The number of fused-ring (bicyclic) bond motifs is 2. The number of Topliss-reactive ketones (excluding diaryl/α,β-unsaturated/α-hetero) is 1. The molecule has 3 heterocycles. The lowest BCUT2D eigenvalue weighted by Gasteiger charge is -2.56. The molecule has 1 aliphatic carbocycles. The summed E-state index contributed by atoms with van der Waals surface area (Å²) in [6.45, 7) is 11.3. The maximum Gasteiger partial charge on any atom is 0.162 e. The second-order valence-corrected chi connectivity index (χ2v) is 8.23. The molecular weight excluding hydrogens is 276 g/mol. The zero-order valence-electron chi connectivity index (χ0n) is 13.9. The summed E-state index contributed by atoms with van der Waals surface area (Å²) in [5.41, 5.74) is 3.27. The van der Waals surface area contributed by atoms with Crippen molar-refractivity contribution in [3.63, 3.8) is 0 Å². The minimum absolute atomic E-state index is 0.0272. The summed E-state index contributed by atoms with van der Waals surface area (Å²) in [7, 11) is 0. The molecule has 5 nitrogen and oxygen atoms in total. The highest BCUT2D eigenvalue weighted by Gasteiger charge is 2.57. The summed E-state index contributed by atoms with van der Waals surface area (Å²) in [5, 5.41) is 12.0. The molecule has 0 atom stereocenters. The number of ketones is 1. The van der Waals surface area contributed by atoms with Gasteiger partial charge in [0.2, 0.25) is 0 Å². The van der Waals surface area contributed by atoms with Crippen LogP contribution in [0.3, 0.4) is 0 Å². The first-order valence-electron chi connectivity index (χ1n) is 8.21. The number of rotatable bonds is 1. The van der Waals surface area contributed by atoms with Crippen molar-refractivity contribution in [3.05, 3.63) is 22.7 Å². The van der Waals surface area contributed by atoms with E-state index in [9.17, 15) is 4.79 Å². The van der Waals surface area contributed by atoms with Crippen LogP contribution in [-0.2, 0) is 4.79 Å². The molecule has 4 aliphatic rings. The molecule has 0 amide bonds. The van der Waals surface area contributed by atoms with E-state index in [0.29, 0.717) is 24.8 Å². The molecule has 5 heteroatoms. The molecule has 1 N–H and O–H groups in total. The Hall–Kier alpha value is -1.49. The second-order valence-electron chi connectivity index (χ2n) is 8.23. The Kier molecular flexibility index (Phi) is 2.75. The van der Waals surface area contributed by atoms with Gasteiger partial charge in [0.15, 0.2) is 11.6 Å². The number of azo groups is 1. The topological polar surface area (TPSA) is 57.1 Å². The minimum atomic E-state index is -0.128. The van der Waals surface area contributed by atoms with Gasteiger partial charge in [-0.05, 0) is 25.7 Å². The van der Waals surface area contributed by atoms with Gasteiger partial charge in [-0.1, -0.05) is 13.8 Å². The van der Waals surface area contributed by atoms with E-state index in [4.69, 9.17) is 0 Å². The maximum absolute atomic E-state index is 12.9. The Bertz CT molecular complexity index is 648. The lowest BCUT2D eigenvalue weighted by molar-refractivity contribution is -0.121. The van der Waals surface area contributed by atoms with Crippen molar-refractivity contribution in [1.29, 1.82) is 0 Å². The van der Waals surface area contributed by atoms with E-state index in [0.717, 1.165) is 36.6 Å². The molecular formula is C17H24N4O. The molecule has 22 heavy (non-hydrogen) atoms. The van der Waals surface area contributed by atoms with Crippen molar-refractivity contribution >= 4 is 5.78 Å². The van der Waals surface area contributed by atoms with Crippen LogP contribution < -0.4 is 5.32 Å². The average Bonchev–Trinajstić information content (AvgIpc) is 2.79. The van der Waals surface area contributed by atoms with Gasteiger partial charge < -0.3 is 5.32 Å². The van der Waals surface area contributed by atoms with Crippen molar-refractivity contribution in [1.82, 2.24) is 10.2 Å². The van der Waals surface area contributed by atoms with Crippen LogP contribution in [0.25, 0.3) is 0 Å². The van der Waals surface area contributed by atoms with Crippen LogP contribution >= 0.6 is 0 Å². The third-order valence-electron chi connectivity index (χ3n) is 5.56. The van der Waals surface area contributed by atoms with Crippen molar-refractivity contribution in [2.45, 2.75) is 46.6 Å². The fourth-order valence-corrected chi connectivity index (χ4v) is 4.43. The standard InChI is InChI=1S/C17H24N4O/c1-10(2)21-8-17(9-21)11-7-18-20-15(11)19-12-5-16(3,4)6-13(22)14(12)17/h10,19H,5-9H2,1-4H3. The molecule has 4 rings (SSSR count). The number of nitrogens with one attached hydrogen (secondary N) is 1. The van der Waals surface area contributed by atoms with Gasteiger partial charge in [-0.3, -0.25) is 9.69 Å². The Morgan fingerprint density at radius 2 is 1.95 bits per heavy atom. The highest BCUT2D eigenvalue weighted by Crippen LogP contribution is 2.54. The van der Waals surface area contributed by atoms with Crippen molar-refractivity contribution in [2.24, 2.45) is 21.1 Å². The molecule has 0 unspecified atom stereocenters. The molecule has 3 aliphatic heterocycles. The lowest BCUT2D eigenvalue weighted by Crippen LogP contribution is -2.64. The van der Waals surface area contributed by atoms with Gasteiger partial charge >= 0.3 is 0 Å². The summed E-state index contributed by atoms with van der Waals surface area (Å²) < 4.78 is 0. The quantitative estimate of drug-likeness (QED) is 0.810. The number of likely N-dealkylation sites (tertiary alicyclic amines) is 1. The summed E-state index contributed by atoms with van der Waals surface area (Å²) in [6.07, 6.45) is 1.57. The predicted molar refractivity (Wildman–Crippen MR) is 84.1 cm³/mol. The number of hydrogen-bond acceptors (Lipinski definition) is 5. The molecule has 1 spiro atoms. The smallest absolute Gasteiger partial charge is 0.162 e. The van der Waals surface area contributed by atoms with E-state index < -0.39 is 0 Å². The summed E-state index contributed by atoms with van der Waals surface area (Å²) >= 11 is 0. The van der Waals surface area contributed by atoms with Gasteiger partial charge in [0.25, 0.3) is 0 Å². The fraction of sp³-hybridized carbons (Fsp3) is 0.706. The van der Waals surface area contributed by atoms with Crippen molar-refractivity contribution in [2.75, 3.05) is 19.6 Å². The number of dihydropyridines is 1. The molecule has 1 fully saturated rings.